The van der Waals surface area contributed by atoms with Gasteiger partial charge in [-0.2, -0.15) is 5.26 Å². The molecule has 1 aliphatic rings. The second-order valence-corrected chi connectivity index (χ2v) is 9.16. The number of benzene rings is 3. The first-order valence-corrected chi connectivity index (χ1v) is 12.2. The minimum absolute atomic E-state index is 0.0223. The Balaban J connectivity index is 1.27. The highest BCUT2D eigenvalue weighted by Crippen LogP contribution is 2.28. The number of hydrogen-bond donors (Lipinski definition) is 0. The van der Waals surface area contributed by atoms with Crippen molar-refractivity contribution in [1.82, 2.24) is 24.0 Å². The molecule has 0 radical (unpaired) electrons. The Morgan fingerprint density at radius 2 is 1.73 bits per heavy atom. The number of fused-ring (bicyclic) bond motifs is 3. The molecule has 3 aromatic carbocycles. The van der Waals surface area contributed by atoms with E-state index < -0.39 is 0 Å². The third-order valence-electron chi connectivity index (χ3n) is 6.71. The summed E-state index contributed by atoms with van der Waals surface area (Å²) in [6, 6.07) is 27.9. The van der Waals surface area contributed by atoms with Crippen LogP contribution in [-0.2, 0) is 30.8 Å². The van der Waals surface area contributed by atoms with Crippen molar-refractivity contribution in [3.8, 4) is 23.0 Å². The van der Waals surface area contributed by atoms with Crippen molar-refractivity contribution in [2.45, 2.75) is 26.1 Å². The van der Waals surface area contributed by atoms with Gasteiger partial charge in [-0.25, -0.2) is 9.97 Å². The molecule has 180 valence electrons. The lowest BCUT2D eigenvalue weighted by atomic mass is 10.1. The molecule has 0 bridgehead atoms. The summed E-state index contributed by atoms with van der Waals surface area (Å²) in [7, 11) is 0. The van der Waals surface area contributed by atoms with Gasteiger partial charge in [0.15, 0.2) is 0 Å². The molecule has 37 heavy (non-hydrogen) atoms. The summed E-state index contributed by atoms with van der Waals surface area (Å²) in [5, 5.41) is 9.04. The van der Waals surface area contributed by atoms with Gasteiger partial charge in [-0.3, -0.25) is 4.79 Å². The van der Waals surface area contributed by atoms with Gasteiger partial charge in [0.05, 0.1) is 42.3 Å². The molecule has 0 atom stereocenters. The van der Waals surface area contributed by atoms with E-state index in [1.165, 1.54) is 0 Å². The average molecular weight is 485 g/mol. The fourth-order valence-electron chi connectivity index (χ4n) is 4.76. The Morgan fingerprint density at radius 1 is 0.946 bits per heavy atom. The van der Waals surface area contributed by atoms with Crippen LogP contribution in [0, 0.1) is 11.3 Å². The van der Waals surface area contributed by atoms with Crippen LogP contribution in [0.2, 0.25) is 0 Å². The van der Waals surface area contributed by atoms with Crippen LogP contribution in [0.5, 0.6) is 0 Å². The molecular weight excluding hydrogens is 460 g/mol. The first-order valence-electron chi connectivity index (χ1n) is 12.2. The molecule has 0 saturated carbocycles. The quantitative estimate of drug-likeness (QED) is 0.361. The number of aromatic nitrogens is 4. The summed E-state index contributed by atoms with van der Waals surface area (Å²) in [5.74, 6) is 0.859. The highest BCUT2D eigenvalue weighted by molar-refractivity contribution is 5.78. The van der Waals surface area contributed by atoms with Crippen LogP contribution in [0.3, 0.4) is 0 Å². The van der Waals surface area contributed by atoms with E-state index in [2.05, 4.69) is 33.9 Å². The monoisotopic (exact) mass is 484 g/mol. The summed E-state index contributed by atoms with van der Waals surface area (Å²) in [4.78, 5) is 24.7. The summed E-state index contributed by atoms with van der Waals surface area (Å²) in [6.45, 7) is 1.52. The lowest BCUT2D eigenvalue weighted by Gasteiger charge is -2.21. The number of rotatable bonds is 5. The van der Waals surface area contributed by atoms with E-state index in [0.29, 0.717) is 25.2 Å². The topological polar surface area (TPSA) is 79.7 Å². The molecule has 1 aliphatic heterocycles. The molecule has 1 amide bonds. The van der Waals surface area contributed by atoms with Crippen molar-refractivity contribution in [3.05, 3.63) is 126 Å². The summed E-state index contributed by atoms with van der Waals surface area (Å²) >= 11 is 0. The Kier molecular flexibility index (Phi) is 5.83. The van der Waals surface area contributed by atoms with E-state index in [-0.39, 0.29) is 12.3 Å². The molecule has 0 spiro atoms. The van der Waals surface area contributed by atoms with E-state index in [1.54, 1.807) is 24.7 Å². The van der Waals surface area contributed by atoms with E-state index in [9.17, 15) is 4.79 Å². The number of carbonyl (C=O) groups excluding carboxylic acids is 1. The van der Waals surface area contributed by atoms with Gasteiger partial charge in [-0.05, 0) is 29.3 Å². The van der Waals surface area contributed by atoms with Gasteiger partial charge < -0.3 is 14.0 Å². The van der Waals surface area contributed by atoms with Gasteiger partial charge in [0, 0.05) is 36.7 Å². The van der Waals surface area contributed by atoms with Gasteiger partial charge in [-0.15, -0.1) is 0 Å². The highest BCUT2D eigenvalue weighted by Gasteiger charge is 2.25. The van der Waals surface area contributed by atoms with Crippen LogP contribution in [0.1, 0.15) is 28.2 Å². The molecule has 7 nitrogen and oxygen atoms in total. The molecular formula is C30H24N6O. The number of nitrogens with zero attached hydrogens (tertiary/aromatic N) is 6. The maximum Gasteiger partial charge on any atom is 0.229 e. The van der Waals surface area contributed by atoms with E-state index in [4.69, 9.17) is 10.2 Å². The number of nitriles is 1. The van der Waals surface area contributed by atoms with Crippen molar-refractivity contribution >= 4 is 5.91 Å². The fourth-order valence-corrected chi connectivity index (χ4v) is 4.76. The largest absolute Gasteiger partial charge is 0.330 e. The van der Waals surface area contributed by atoms with Gasteiger partial charge >= 0.3 is 0 Å². The molecule has 0 aliphatic carbocycles. The van der Waals surface area contributed by atoms with Gasteiger partial charge in [-0.1, -0.05) is 60.7 Å². The Hall–Kier alpha value is -4.96. The smallest absolute Gasteiger partial charge is 0.229 e. The van der Waals surface area contributed by atoms with E-state index in [1.807, 2.05) is 64.1 Å². The second kappa shape index (κ2) is 9.59. The number of para-hydroxylation sites is 1. The Bertz CT molecular complexity index is 1610. The molecule has 0 unspecified atom stereocenters. The van der Waals surface area contributed by atoms with E-state index in [0.717, 1.165) is 39.6 Å². The Morgan fingerprint density at radius 3 is 2.54 bits per heavy atom. The van der Waals surface area contributed by atoms with Crippen LogP contribution < -0.4 is 0 Å². The standard InChI is InChI=1S/C30H24N6O/c31-15-22-10-12-23(13-11-22)17-35-21-32-16-26(35)14-30(37)34-18-25-8-4-5-9-28(25)36-19-27(33-29(36)20-34)24-6-2-1-3-7-24/h1-13,16,19,21H,14,17-18,20H2. The predicted octanol–water partition coefficient (Wildman–Crippen LogP) is 4.74. The van der Waals surface area contributed by atoms with Crippen LogP contribution in [-0.4, -0.2) is 29.9 Å². The molecule has 6 rings (SSSR count). The number of imidazole rings is 2. The average Bonchev–Trinajstić information content (AvgIpc) is 3.52. The van der Waals surface area contributed by atoms with Gasteiger partial charge in [0.2, 0.25) is 5.91 Å². The normalized spacial score (nSPS) is 12.4. The summed E-state index contributed by atoms with van der Waals surface area (Å²) < 4.78 is 4.10. The molecule has 2 aromatic heterocycles. The van der Waals surface area contributed by atoms with Crippen LogP contribution in [0.4, 0.5) is 0 Å². The lowest BCUT2D eigenvalue weighted by molar-refractivity contribution is -0.131. The van der Waals surface area contributed by atoms with Crippen molar-refractivity contribution in [2.24, 2.45) is 0 Å². The maximum atomic E-state index is 13.6. The molecule has 0 fully saturated rings. The fraction of sp³-hybridized carbons (Fsp3) is 0.133. The second-order valence-electron chi connectivity index (χ2n) is 9.16. The maximum absolute atomic E-state index is 13.6. The molecule has 5 aromatic rings. The first kappa shape index (κ1) is 22.5. The third-order valence-corrected chi connectivity index (χ3v) is 6.71. The Labute approximate surface area is 214 Å². The number of hydrogen-bond acceptors (Lipinski definition) is 4. The zero-order valence-electron chi connectivity index (χ0n) is 20.2. The zero-order chi connectivity index (χ0) is 25.2. The van der Waals surface area contributed by atoms with Crippen molar-refractivity contribution < 1.29 is 4.79 Å². The third kappa shape index (κ3) is 4.53. The number of carbonyl (C=O) groups is 1. The minimum Gasteiger partial charge on any atom is -0.330 e. The summed E-state index contributed by atoms with van der Waals surface area (Å²) in [6.07, 6.45) is 5.80. The zero-order valence-corrected chi connectivity index (χ0v) is 20.2. The molecule has 7 heteroatoms. The highest BCUT2D eigenvalue weighted by atomic mass is 16.2. The lowest BCUT2D eigenvalue weighted by Crippen LogP contribution is -2.31. The first-order chi connectivity index (χ1) is 18.2. The van der Waals surface area contributed by atoms with Crippen molar-refractivity contribution in [3.63, 3.8) is 0 Å². The van der Waals surface area contributed by atoms with Gasteiger partial charge in [0.1, 0.15) is 5.82 Å². The molecule has 0 saturated heterocycles. The van der Waals surface area contributed by atoms with Gasteiger partial charge in [0.25, 0.3) is 0 Å². The SMILES string of the molecule is N#Cc1ccc(Cn2cncc2CC(=O)N2Cc3ccccc3-n3cc(-c4ccccc4)nc3C2)cc1. The summed E-state index contributed by atoms with van der Waals surface area (Å²) in [5.41, 5.74) is 6.58. The van der Waals surface area contributed by atoms with Crippen LogP contribution >= 0.6 is 0 Å². The van der Waals surface area contributed by atoms with E-state index >= 15 is 0 Å². The number of amides is 1. The van der Waals surface area contributed by atoms with Crippen molar-refractivity contribution in [2.75, 3.05) is 0 Å². The van der Waals surface area contributed by atoms with Crippen LogP contribution in [0.25, 0.3) is 16.9 Å². The van der Waals surface area contributed by atoms with Crippen LogP contribution in [0.15, 0.2) is 97.6 Å². The molecule has 3 heterocycles. The minimum atomic E-state index is 0.0223. The predicted molar refractivity (Wildman–Crippen MR) is 139 cm³/mol. The molecule has 0 N–H and O–H groups in total. The van der Waals surface area contributed by atoms with Crippen molar-refractivity contribution in [1.29, 1.82) is 5.26 Å².